The van der Waals surface area contributed by atoms with Gasteiger partial charge in [-0.25, -0.2) is 0 Å². The van der Waals surface area contributed by atoms with Crippen LogP contribution >= 0.6 is 22.6 Å². The Bertz CT molecular complexity index is 286. The van der Waals surface area contributed by atoms with Crippen molar-refractivity contribution in [3.63, 3.8) is 0 Å². The van der Waals surface area contributed by atoms with Gasteiger partial charge in [0.15, 0.2) is 0 Å². The normalized spacial score (nSPS) is 27.6. The zero-order valence-electron chi connectivity index (χ0n) is 8.37. The first kappa shape index (κ1) is 10.4. The summed E-state index contributed by atoms with van der Waals surface area (Å²) in [4.78, 5) is 0. The highest BCUT2D eigenvalue weighted by Gasteiger charge is 2.19. The Morgan fingerprint density at radius 1 is 1.21 bits per heavy atom. The summed E-state index contributed by atoms with van der Waals surface area (Å²) in [5.74, 6) is 0.614. The second kappa shape index (κ2) is 4.62. The number of hydrogen-bond acceptors (Lipinski definition) is 1. The van der Waals surface area contributed by atoms with Crippen LogP contribution < -0.4 is 0 Å². The van der Waals surface area contributed by atoms with Crippen molar-refractivity contribution in [1.82, 2.24) is 0 Å². The van der Waals surface area contributed by atoms with E-state index < -0.39 is 0 Å². The predicted octanol–water partition coefficient (Wildman–Crippen LogP) is 3.57. The van der Waals surface area contributed by atoms with Crippen molar-refractivity contribution >= 4 is 22.6 Å². The summed E-state index contributed by atoms with van der Waals surface area (Å²) in [5, 5.41) is 0. The Hall–Kier alpha value is -0.0900. The van der Waals surface area contributed by atoms with Crippen LogP contribution in [0.5, 0.6) is 0 Å². The van der Waals surface area contributed by atoms with Crippen LogP contribution in [0.2, 0.25) is 0 Å². The van der Waals surface area contributed by atoms with Crippen LogP contribution in [0.4, 0.5) is 0 Å². The molecule has 0 spiro atoms. The molecule has 0 aromatic heterocycles. The lowest BCUT2D eigenvalue weighted by Crippen LogP contribution is -2.22. The van der Waals surface area contributed by atoms with E-state index in [0.29, 0.717) is 12.0 Å². The molecule has 0 aliphatic carbocycles. The van der Waals surface area contributed by atoms with Gasteiger partial charge in [-0.3, -0.25) is 0 Å². The number of benzene rings is 1. The lowest BCUT2D eigenvalue weighted by molar-refractivity contribution is 0.0155. The summed E-state index contributed by atoms with van der Waals surface area (Å²) >= 11 is 2.34. The number of hydrogen-bond donors (Lipinski definition) is 0. The maximum Gasteiger partial charge on any atom is 0.0547 e. The Kier molecular flexibility index (Phi) is 3.44. The monoisotopic (exact) mass is 302 g/mol. The van der Waals surface area contributed by atoms with E-state index in [1.54, 1.807) is 0 Å². The molecule has 1 aromatic rings. The Morgan fingerprint density at radius 2 is 1.93 bits per heavy atom. The van der Waals surface area contributed by atoms with Crippen LogP contribution in [0.15, 0.2) is 24.3 Å². The molecule has 14 heavy (non-hydrogen) atoms. The maximum absolute atomic E-state index is 5.67. The van der Waals surface area contributed by atoms with Crippen molar-refractivity contribution in [2.75, 3.05) is 6.61 Å². The van der Waals surface area contributed by atoms with Crippen molar-refractivity contribution in [2.24, 2.45) is 0 Å². The van der Waals surface area contributed by atoms with Gasteiger partial charge in [0.2, 0.25) is 0 Å². The first-order chi connectivity index (χ1) is 6.75. The van der Waals surface area contributed by atoms with Crippen molar-refractivity contribution in [3.8, 4) is 0 Å². The molecular weight excluding hydrogens is 287 g/mol. The molecule has 0 bridgehead atoms. The minimum atomic E-state index is 0.454. The van der Waals surface area contributed by atoms with Gasteiger partial charge in [0.05, 0.1) is 12.7 Å². The molecule has 76 valence electrons. The van der Waals surface area contributed by atoms with Crippen molar-refractivity contribution in [2.45, 2.75) is 31.8 Å². The summed E-state index contributed by atoms with van der Waals surface area (Å²) in [6.45, 7) is 3.05. The molecule has 1 nitrogen and oxygen atoms in total. The fourth-order valence-electron chi connectivity index (χ4n) is 1.88. The summed E-state index contributed by atoms with van der Waals surface area (Å²) in [7, 11) is 0. The van der Waals surface area contributed by atoms with Gasteiger partial charge >= 0.3 is 0 Å². The fraction of sp³-hybridized carbons (Fsp3) is 0.500. The van der Waals surface area contributed by atoms with Gasteiger partial charge < -0.3 is 4.74 Å². The second-order valence-electron chi connectivity index (χ2n) is 3.97. The minimum Gasteiger partial charge on any atom is -0.378 e. The third-order valence-electron chi connectivity index (χ3n) is 2.84. The summed E-state index contributed by atoms with van der Waals surface area (Å²) in [6.07, 6.45) is 2.91. The van der Waals surface area contributed by atoms with Crippen LogP contribution in [-0.2, 0) is 4.74 Å². The van der Waals surface area contributed by atoms with Crippen LogP contribution in [0, 0.1) is 3.57 Å². The Morgan fingerprint density at radius 3 is 2.50 bits per heavy atom. The zero-order valence-corrected chi connectivity index (χ0v) is 10.5. The molecule has 2 rings (SSSR count). The van der Waals surface area contributed by atoms with Gasteiger partial charge in [0.1, 0.15) is 0 Å². The molecule has 2 unspecified atom stereocenters. The van der Waals surface area contributed by atoms with Gasteiger partial charge in [-0.05, 0) is 60.1 Å². The van der Waals surface area contributed by atoms with E-state index in [4.69, 9.17) is 4.74 Å². The highest BCUT2D eigenvalue weighted by Crippen LogP contribution is 2.28. The summed E-state index contributed by atoms with van der Waals surface area (Å²) in [6, 6.07) is 8.80. The van der Waals surface area contributed by atoms with Crippen LogP contribution in [-0.4, -0.2) is 12.7 Å². The average molecular weight is 302 g/mol. The van der Waals surface area contributed by atoms with Crippen LogP contribution in [0.3, 0.4) is 0 Å². The molecule has 0 amide bonds. The molecule has 0 radical (unpaired) electrons. The fourth-order valence-corrected chi connectivity index (χ4v) is 2.24. The molecule has 1 aromatic carbocycles. The average Bonchev–Trinajstić information content (AvgIpc) is 2.21. The lowest BCUT2D eigenvalue weighted by atomic mass is 9.92. The molecule has 1 heterocycles. The Labute approximate surface area is 99.0 Å². The first-order valence-corrected chi connectivity index (χ1v) is 6.20. The van der Waals surface area contributed by atoms with Gasteiger partial charge in [-0.15, -0.1) is 0 Å². The SMILES string of the molecule is CC1CCC(c2ccc(I)cc2)CO1. The van der Waals surface area contributed by atoms with Crippen molar-refractivity contribution < 1.29 is 4.74 Å². The molecule has 2 atom stereocenters. The third-order valence-corrected chi connectivity index (χ3v) is 3.56. The van der Waals surface area contributed by atoms with Gasteiger partial charge in [-0.2, -0.15) is 0 Å². The van der Waals surface area contributed by atoms with E-state index in [0.717, 1.165) is 6.61 Å². The molecular formula is C12H15IO. The van der Waals surface area contributed by atoms with Gasteiger partial charge in [0.25, 0.3) is 0 Å². The number of ether oxygens (including phenoxy) is 1. The minimum absolute atomic E-state index is 0.454. The summed E-state index contributed by atoms with van der Waals surface area (Å²) in [5.41, 5.74) is 1.43. The molecule has 2 heteroatoms. The van der Waals surface area contributed by atoms with E-state index in [9.17, 15) is 0 Å². The number of rotatable bonds is 1. The standard InChI is InChI=1S/C12H15IO/c1-9-2-3-11(8-14-9)10-4-6-12(13)7-5-10/h4-7,9,11H,2-3,8H2,1H3. The maximum atomic E-state index is 5.67. The quantitative estimate of drug-likeness (QED) is 0.721. The largest absolute Gasteiger partial charge is 0.378 e. The third kappa shape index (κ3) is 2.48. The van der Waals surface area contributed by atoms with E-state index in [1.165, 1.54) is 22.0 Å². The smallest absolute Gasteiger partial charge is 0.0547 e. The molecule has 1 saturated heterocycles. The molecule has 1 fully saturated rings. The summed E-state index contributed by atoms with van der Waals surface area (Å²) < 4.78 is 6.98. The molecule has 0 saturated carbocycles. The first-order valence-electron chi connectivity index (χ1n) is 5.13. The molecule has 0 N–H and O–H groups in total. The van der Waals surface area contributed by atoms with E-state index in [1.807, 2.05) is 0 Å². The van der Waals surface area contributed by atoms with Crippen LogP contribution in [0.25, 0.3) is 0 Å². The van der Waals surface area contributed by atoms with Crippen molar-refractivity contribution in [3.05, 3.63) is 33.4 Å². The highest BCUT2D eigenvalue weighted by atomic mass is 127. The second-order valence-corrected chi connectivity index (χ2v) is 5.22. The van der Waals surface area contributed by atoms with Gasteiger partial charge in [0, 0.05) is 9.49 Å². The lowest BCUT2D eigenvalue weighted by Gasteiger charge is -2.27. The van der Waals surface area contributed by atoms with Crippen LogP contribution in [0.1, 0.15) is 31.2 Å². The molecule has 1 aliphatic rings. The highest BCUT2D eigenvalue weighted by molar-refractivity contribution is 14.1. The van der Waals surface area contributed by atoms with E-state index >= 15 is 0 Å². The molecule has 1 aliphatic heterocycles. The number of halogens is 1. The van der Waals surface area contributed by atoms with E-state index in [-0.39, 0.29) is 0 Å². The zero-order chi connectivity index (χ0) is 9.97. The van der Waals surface area contributed by atoms with Gasteiger partial charge in [-0.1, -0.05) is 12.1 Å². The van der Waals surface area contributed by atoms with E-state index in [2.05, 4.69) is 53.8 Å². The topological polar surface area (TPSA) is 9.23 Å². The Balaban J connectivity index is 2.05. The predicted molar refractivity (Wildman–Crippen MR) is 66.5 cm³/mol. The van der Waals surface area contributed by atoms with Crippen molar-refractivity contribution in [1.29, 1.82) is 0 Å².